The van der Waals surface area contributed by atoms with Gasteiger partial charge in [0.25, 0.3) is 5.91 Å². The zero-order valence-corrected chi connectivity index (χ0v) is 18.3. The highest BCUT2D eigenvalue weighted by Crippen LogP contribution is 2.27. The van der Waals surface area contributed by atoms with Crippen molar-refractivity contribution in [3.8, 4) is 11.3 Å². The van der Waals surface area contributed by atoms with Crippen LogP contribution in [0.3, 0.4) is 0 Å². The Hall–Kier alpha value is -3.14. The molecular weight excluding hydrogens is 424 g/mol. The fourth-order valence-corrected chi connectivity index (χ4v) is 5.12. The topological polar surface area (TPSA) is 84.7 Å². The van der Waals surface area contributed by atoms with Crippen molar-refractivity contribution in [3.63, 3.8) is 0 Å². The maximum absolute atomic E-state index is 11.9. The number of benzene rings is 1. The van der Waals surface area contributed by atoms with E-state index >= 15 is 0 Å². The first kappa shape index (κ1) is 19.5. The fourth-order valence-electron chi connectivity index (χ4n) is 4.33. The number of carbonyl (C=O) groups excluding carboxylic acids is 1. The largest absolute Gasteiger partial charge is 0.379 e. The lowest BCUT2D eigenvalue weighted by Crippen LogP contribution is -2.35. The number of rotatable bonds is 5. The molecule has 9 heteroatoms. The molecule has 6 rings (SSSR count). The molecule has 4 aromatic rings. The van der Waals surface area contributed by atoms with Gasteiger partial charge in [-0.25, -0.2) is 9.97 Å². The minimum Gasteiger partial charge on any atom is -0.379 e. The number of imidazole rings is 1. The molecule has 1 fully saturated rings. The van der Waals surface area contributed by atoms with Gasteiger partial charge in [-0.2, -0.15) is 0 Å². The first-order valence-electron chi connectivity index (χ1n) is 10.7. The van der Waals surface area contributed by atoms with E-state index in [1.807, 2.05) is 24.5 Å². The average molecular weight is 447 g/mol. The normalized spacial score (nSPS) is 16.4. The molecule has 1 N–H and O–H groups in total. The predicted molar refractivity (Wildman–Crippen MR) is 121 cm³/mol. The highest BCUT2D eigenvalue weighted by Gasteiger charge is 2.20. The molecular formula is C23H22N6O2S. The molecule has 0 aliphatic carbocycles. The molecule has 1 aromatic carbocycles. The number of hydrogen-bond donors (Lipinski definition) is 1. The molecule has 0 saturated carbocycles. The van der Waals surface area contributed by atoms with Crippen LogP contribution in [0.15, 0.2) is 42.2 Å². The van der Waals surface area contributed by atoms with Gasteiger partial charge in [-0.1, -0.05) is 6.07 Å². The third-order valence-corrected chi connectivity index (χ3v) is 6.89. The summed E-state index contributed by atoms with van der Waals surface area (Å²) in [6.07, 6.45) is 6.29. The van der Waals surface area contributed by atoms with Crippen molar-refractivity contribution in [1.29, 1.82) is 0 Å². The van der Waals surface area contributed by atoms with Crippen molar-refractivity contribution in [2.75, 3.05) is 26.3 Å². The number of carbonyl (C=O) groups is 1. The summed E-state index contributed by atoms with van der Waals surface area (Å²) in [6.45, 7) is 4.93. The van der Waals surface area contributed by atoms with Crippen LogP contribution < -0.4 is 5.32 Å². The molecule has 0 spiro atoms. The third-order valence-electron chi connectivity index (χ3n) is 5.99. The smallest absolute Gasteiger partial charge is 0.251 e. The Kier molecular flexibility index (Phi) is 4.94. The molecule has 0 atom stereocenters. The zero-order chi connectivity index (χ0) is 21.5. The molecule has 0 unspecified atom stereocenters. The maximum atomic E-state index is 11.9. The van der Waals surface area contributed by atoms with E-state index in [1.54, 1.807) is 17.5 Å². The minimum atomic E-state index is -0.00996. The van der Waals surface area contributed by atoms with Crippen molar-refractivity contribution in [1.82, 2.24) is 29.6 Å². The highest BCUT2D eigenvalue weighted by atomic mass is 32.1. The number of nitrogens with one attached hydrogen (secondary N) is 1. The van der Waals surface area contributed by atoms with Gasteiger partial charge < -0.3 is 10.1 Å². The van der Waals surface area contributed by atoms with Crippen LogP contribution in [0.2, 0.25) is 0 Å². The summed E-state index contributed by atoms with van der Waals surface area (Å²) in [4.78, 5) is 28.4. The van der Waals surface area contributed by atoms with E-state index in [0.29, 0.717) is 13.0 Å². The van der Waals surface area contributed by atoms with Crippen LogP contribution in [0.25, 0.3) is 16.9 Å². The van der Waals surface area contributed by atoms with Gasteiger partial charge in [0.05, 0.1) is 41.5 Å². The highest BCUT2D eigenvalue weighted by molar-refractivity contribution is 7.09. The SMILES string of the molecule is O=C1NCc2cc(-c3cnc(Cc4nc(CN5CCOCC5)cs4)c4nccn34)ccc21. The van der Waals surface area contributed by atoms with E-state index in [9.17, 15) is 4.79 Å². The van der Waals surface area contributed by atoms with Crippen LogP contribution in [0.4, 0.5) is 0 Å². The van der Waals surface area contributed by atoms with E-state index in [2.05, 4.69) is 31.0 Å². The molecule has 32 heavy (non-hydrogen) atoms. The van der Waals surface area contributed by atoms with Crippen molar-refractivity contribution >= 4 is 22.9 Å². The predicted octanol–water partition coefficient (Wildman–Crippen LogP) is 2.52. The Morgan fingerprint density at radius 3 is 3.00 bits per heavy atom. The summed E-state index contributed by atoms with van der Waals surface area (Å²) in [6, 6.07) is 5.91. The number of aromatic nitrogens is 4. The van der Waals surface area contributed by atoms with E-state index in [1.165, 1.54) is 0 Å². The molecule has 1 amide bonds. The Morgan fingerprint density at radius 2 is 2.09 bits per heavy atom. The van der Waals surface area contributed by atoms with E-state index in [4.69, 9.17) is 14.7 Å². The second-order valence-electron chi connectivity index (χ2n) is 8.06. The van der Waals surface area contributed by atoms with Crippen LogP contribution >= 0.6 is 11.3 Å². The fraction of sp³-hybridized carbons (Fsp3) is 0.304. The number of hydrogen-bond acceptors (Lipinski definition) is 7. The van der Waals surface area contributed by atoms with Crippen LogP contribution in [0.5, 0.6) is 0 Å². The van der Waals surface area contributed by atoms with Gasteiger partial charge in [-0.05, 0) is 17.7 Å². The van der Waals surface area contributed by atoms with Gasteiger partial charge >= 0.3 is 0 Å². The monoisotopic (exact) mass is 446 g/mol. The number of morpholine rings is 1. The number of nitrogens with zero attached hydrogens (tertiary/aromatic N) is 5. The molecule has 0 radical (unpaired) electrons. The average Bonchev–Trinajstić information content (AvgIpc) is 3.56. The number of fused-ring (bicyclic) bond motifs is 2. The maximum Gasteiger partial charge on any atom is 0.251 e. The number of amides is 1. The van der Waals surface area contributed by atoms with Crippen LogP contribution in [-0.2, 0) is 24.2 Å². The molecule has 2 aliphatic heterocycles. The second-order valence-corrected chi connectivity index (χ2v) is 9.01. The third kappa shape index (κ3) is 3.58. The summed E-state index contributed by atoms with van der Waals surface area (Å²) in [7, 11) is 0. The number of thiazole rings is 1. The molecule has 5 heterocycles. The van der Waals surface area contributed by atoms with Crippen LogP contribution in [0.1, 0.15) is 32.3 Å². The van der Waals surface area contributed by atoms with Gasteiger partial charge in [0.2, 0.25) is 0 Å². The second kappa shape index (κ2) is 8.09. The zero-order valence-electron chi connectivity index (χ0n) is 17.5. The van der Waals surface area contributed by atoms with Gasteiger partial charge in [-0.15, -0.1) is 11.3 Å². The van der Waals surface area contributed by atoms with Crippen molar-refractivity contribution in [3.05, 3.63) is 69.7 Å². The molecule has 3 aromatic heterocycles. The Morgan fingerprint density at radius 1 is 1.19 bits per heavy atom. The summed E-state index contributed by atoms with van der Waals surface area (Å²) >= 11 is 1.67. The van der Waals surface area contributed by atoms with Gasteiger partial charge in [0.15, 0.2) is 5.65 Å². The minimum absolute atomic E-state index is 0.00996. The first-order valence-corrected chi connectivity index (χ1v) is 11.6. The van der Waals surface area contributed by atoms with Crippen molar-refractivity contribution in [2.24, 2.45) is 0 Å². The Balaban J connectivity index is 1.26. The van der Waals surface area contributed by atoms with Crippen LogP contribution in [0, 0.1) is 0 Å². The van der Waals surface area contributed by atoms with Crippen LogP contribution in [-0.4, -0.2) is 56.5 Å². The molecule has 8 nitrogen and oxygen atoms in total. The lowest BCUT2D eigenvalue weighted by molar-refractivity contribution is 0.0337. The van der Waals surface area contributed by atoms with E-state index < -0.39 is 0 Å². The molecule has 1 saturated heterocycles. The van der Waals surface area contributed by atoms with Gasteiger partial charge in [0, 0.05) is 61.5 Å². The van der Waals surface area contributed by atoms with Crippen molar-refractivity contribution in [2.45, 2.75) is 19.5 Å². The lowest BCUT2D eigenvalue weighted by Gasteiger charge is -2.25. The van der Waals surface area contributed by atoms with Gasteiger partial charge in [0.1, 0.15) is 0 Å². The molecule has 162 valence electrons. The number of ether oxygens (including phenoxy) is 1. The van der Waals surface area contributed by atoms with E-state index in [-0.39, 0.29) is 5.91 Å². The van der Waals surface area contributed by atoms with Crippen molar-refractivity contribution < 1.29 is 9.53 Å². The summed E-state index contributed by atoms with van der Waals surface area (Å²) < 4.78 is 7.49. The first-order chi connectivity index (χ1) is 15.7. The summed E-state index contributed by atoms with van der Waals surface area (Å²) in [5.74, 6) is -0.00996. The lowest BCUT2D eigenvalue weighted by atomic mass is 10.0. The molecule has 2 aliphatic rings. The molecule has 0 bridgehead atoms. The standard InChI is InChI=1S/C23H22N6O2S/c30-23-18-2-1-15(9-16(18)11-26-23)20-12-25-19(22-24-3-4-29(20)22)10-21-27-17(14-32-21)13-28-5-7-31-8-6-28/h1-4,9,12,14H,5-8,10-11,13H2,(H,26,30). The summed E-state index contributed by atoms with van der Waals surface area (Å²) in [5, 5.41) is 6.05. The van der Waals surface area contributed by atoms with E-state index in [0.717, 1.165) is 77.3 Å². The quantitative estimate of drug-likeness (QED) is 0.507. The Labute approximate surface area is 188 Å². The van der Waals surface area contributed by atoms with Gasteiger partial charge in [-0.3, -0.25) is 19.1 Å². The summed E-state index contributed by atoms with van der Waals surface area (Å²) in [5.41, 5.74) is 6.58. The Bertz CT molecular complexity index is 1310.